The number of para-hydroxylation sites is 1. The molecule has 0 fully saturated rings. The topological polar surface area (TPSA) is 29.3 Å². The number of aromatic nitrogens is 1. The number of benzene rings is 2. The Bertz CT molecular complexity index is 764. The van der Waals surface area contributed by atoms with E-state index in [0.29, 0.717) is 0 Å². The van der Waals surface area contributed by atoms with Gasteiger partial charge in [0.25, 0.3) is 0 Å². The average Bonchev–Trinajstić information content (AvgIpc) is 3.05. The van der Waals surface area contributed by atoms with Gasteiger partial charge in [0.15, 0.2) is 5.76 Å². The van der Waals surface area contributed by atoms with Gasteiger partial charge in [-0.15, -0.1) is 0 Å². The van der Waals surface area contributed by atoms with Crippen molar-refractivity contribution in [1.29, 1.82) is 0 Å². The van der Waals surface area contributed by atoms with Crippen LogP contribution in [0.5, 0.6) is 0 Å². The van der Waals surface area contributed by atoms with Crippen LogP contribution in [0.15, 0.2) is 65.2 Å². The van der Waals surface area contributed by atoms with Crippen LogP contribution in [0, 0.1) is 0 Å². The zero-order valence-corrected chi connectivity index (χ0v) is 12.4. The van der Waals surface area contributed by atoms with E-state index in [0.717, 1.165) is 30.1 Å². The quantitative estimate of drug-likeness (QED) is 0.720. The molecule has 1 aliphatic rings. The molecule has 3 heteroatoms. The molecule has 22 heavy (non-hydrogen) atoms. The van der Waals surface area contributed by atoms with Crippen LogP contribution in [0.4, 0.5) is 5.69 Å². The molecule has 0 radical (unpaired) electrons. The second-order valence-corrected chi connectivity index (χ2v) is 5.70. The number of hydrogen-bond donors (Lipinski definition) is 0. The smallest absolute Gasteiger partial charge is 0.156 e. The highest BCUT2D eigenvalue weighted by Crippen LogP contribution is 2.28. The molecule has 0 bridgehead atoms. The summed E-state index contributed by atoms with van der Waals surface area (Å²) >= 11 is 0. The van der Waals surface area contributed by atoms with E-state index in [-0.39, 0.29) is 0 Å². The summed E-state index contributed by atoms with van der Waals surface area (Å²) in [5.74, 6) is 0.913. The summed E-state index contributed by atoms with van der Waals surface area (Å²) in [4.78, 5) is 2.38. The Morgan fingerprint density at radius 3 is 2.73 bits per heavy atom. The molecule has 1 aliphatic heterocycles. The third-order valence-electron chi connectivity index (χ3n) is 4.18. The van der Waals surface area contributed by atoms with Crippen molar-refractivity contribution in [2.75, 3.05) is 11.4 Å². The van der Waals surface area contributed by atoms with Gasteiger partial charge >= 0.3 is 0 Å². The Balaban J connectivity index is 1.57. The van der Waals surface area contributed by atoms with E-state index in [1.807, 2.05) is 24.3 Å². The molecule has 2 aromatic carbocycles. The standard InChI is InChI=1S/C19H18N2O/c1-2-7-15(8-3-1)18-13-17(22-20-18)14-21-12-6-10-16-9-4-5-11-19(16)21/h1-5,7-9,11,13H,6,10,12,14H2. The van der Waals surface area contributed by atoms with Crippen molar-refractivity contribution in [3.8, 4) is 11.3 Å². The van der Waals surface area contributed by atoms with Crippen molar-refractivity contribution in [2.45, 2.75) is 19.4 Å². The van der Waals surface area contributed by atoms with Gasteiger partial charge in [-0.3, -0.25) is 0 Å². The van der Waals surface area contributed by atoms with Crippen LogP contribution < -0.4 is 4.90 Å². The summed E-state index contributed by atoms with van der Waals surface area (Å²) in [5.41, 5.74) is 4.75. The minimum atomic E-state index is 0.775. The van der Waals surface area contributed by atoms with Gasteiger partial charge < -0.3 is 9.42 Å². The van der Waals surface area contributed by atoms with E-state index in [4.69, 9.17) is 4.52 Å². The molecule has 3 aromatic rings. The lowest BCUT2D eigenvalue weighted by atomic mass is 10.0. The van der Waals surface area contributed by atoms with E-state index in [2.05, 4.69) is 46.5 Å². The molecule has 2 heterocycles. The predicted octanol–water partition coefficient (Wildman–Crippen LogP) is 4.29. The fourth-order valence-electron chi connectivity index (χ4n) is 3.10. The van der Waals surface area contributed by atoms with E-state index in [1.165, 1.54) is 24.1 Å². The molecule has 3 nitrogen and oxygen atoms in total. The molecular weight excluding hydrogens is 272 g/mol. The van der Waals surface area contributed by atoms with Gasteiger partial charge in [-0.05, 0) is 24.5 Å². The minimum absolute atomic E-state index is 0.775. The summed E-state index contributed by atoms with van der Waals surface area (Å²) in [6.07, 6.45) is 2.36. The van der Waals surface area contributed by atoms with Crippen molar-refractivity contribution in [1.82, 2.24) is 5.16 Å². The van der Waals surface area contributed by atoms with Gasteiger partial charge in [-0.2, -0.15) is 0 Å². The summed E-state index contributed by atoms with van der Waals surface area (Å²) in [6, 6.07) is 20.8. The molecule has 0 amide bonds. The highest BCUT2D eigenvalue weighted by molar-refractivity contribution is 5.59. The summed E-state index contributed by atoms with van der Waals surface area (Å²) in [5, 5.41) is 4.21. The first-order valence-electron chi connectivity index (χ1n) is 7.74. The van der Waals surface area contributed by atoms with Gasteiger partial charge in [-0.25, -0.2) is 0 Å². The molecule has 0 N–H and O–H groups in total. The Morgan fingerprint density at radius 1 is 1.00 bits per heavy atom. The number of fused-ring (bicyclic) bond motifs is 1. The van der Waals surface area contributed by atoms with Crippen LogP contribution in [0.2, 0.25) is 0 Å². The predicted molar refractivity (Wildman–Crippen MR) is 87.8 cm³/mol. The number of rotatable bonds is 3. The number of aryl methyl sites for hydroxylation is 1. The molecule has 1 aromatic heterocycles. The number of nitrogens with zero attached hydrogens (tertiary/aromatic N) is 2. The molecule has 0 aliphatic carbocycles. The van der Waals surface area contributed by atoms with Crippen LogP contribution in [0.25, 0.3) is 11.3 Å². The van der Waals surface area contributed by atoms with E-state index in [9.17, 15) is 0 Å². The van der Waals surface area contributed by atoms with Crippen LogP contribution >= 0.6 is 0 Å². The van der Waals surface area contributed by atoms with Gasteiger partial charge in [-0.1, -0.05) is 53.7 Å². The molecule has 0 saturated heterocycles. The van der Waals surface area contributed by atoms with Gasteiger partial charge in [0.05, 0.1) is 6.54 Å². The monoisotopic (exact) mass is 290 g/mol. The highest BCUT2D eigenvalue weighted by atomic mass is 16.5. The first-order chi connectivity index (χ1) is 10.9. The van der Waals surface area contributed by atoms with Crippen LogP contribution in [-0.4, -0.2) is 11.7 Å². The molecule has 0 spiro atoms. The Labute approximate surface area is 130 Å². The Kier molecular flexibility index (Phi) is 3.39. The maximum Gasteiger partial charge on any atom is 0.156 e. The zero-order valence-electron chi connectivity index (χ0n) is 12.4. The second-order valence-electron chi connectivity index (χ2n) is 5.70. The van der Waals surface area contributed by atoms with E-state index >= 15 is 0 Å². The average molecular weight is 290 g/mol. The number of hydrogen-bond acceptors (Lipinski definition) is 3. The summed E-state index contributed by atoms with van der Waals surface area (Å²) < 4.78 is 5.55. The SMILES string of the molecule is c1ccc(-c2cc(CN3CCCc4ccccc43)on2)cc1. The Morgan fingerprint density at radius 2 is 1.82 bits per heavy atom. The zero-order chi connectivity index (χ0) is 14.8. The molecule has 0 unspecified atom stereocenters. The van der Waals surface area contributed by atoms with Gasteiger partial charge in [0.1, 0.15) is 5.69 Å². The van der Waals surface area contributed by atoms with Crippen LogP contribution in [0.3, 0.4) is 0 Å². The first-order valence-corrected chi connectivity index (χ1v) is 7.74. The normalized spacial score (nSPS) is 13.9. The third kappa shape index (κ3) is 2.50. The van der Waals surface area contributed by atoms with E-state index in [1.54, 1.807) is 0 Å². The lowest BCUT2D eigenvalue weighted by molar-refractivity contribution is 0.382. The fraction of sp³-hybridized carbons (Fsp3) is 0.211. The van der Waals surface area contributed by atoms with Crippen molar-refractivity contribution < 1.29 is 4.52 Å². The molecule has 110 valence electrons. The van der Waals surface area contributed by atoms with Crippen molar-refractivity contribution in [3.63, 3.8) is 0 Å². The van der Waals surface area contributed by atoms with Crippen molar-refractivity contribution in [3.05, 3.63) is 72.0 Å². The van der Waals surface area contributed by atoms with Crippen LogP contribution in [0.1, 0.15) is 17.7 Å². The minimum Gasteiger partial charge on any atom is -0.364 e. The van der Waals surface area contributed by atoms with Gasteiger partial charge in [0.2, 0.25) is 0 Å². The summed E-state index contributed by atoms with van der Waals surface area (Å²) in [7, 11) is 0. The van der Waals surface area contributed by atoms with Gasteiger partial charge in [0, 0.05) is 23.9 Å². The highest BCUT2D eigenvalue weighted by Gasteiger charge is 2.18. The maximum atomic E-state index is 5.55. The second kappa shape index (κ2) is 5.68. The molecular formula is C19H18N2O. The largest absolute Gasteiger partial charge is 0.364 e. The number of anilines is 1. The maximum absolute atomic E-state index is 5.55. The lowest BCUT2D eigenvalue weighted by Gasteiger charge is -2.30. The Hall–Kier alpha value is -2.55. The van der Waals surface area contributed by atoms with Crippen molar-refractivity contribution in [2.24, 2.45) is 0 Å². The fourth-order valence-corrected chi connectivity index (χ4v) is 3.10. The molecule has 0 atom stereocenters. The molecule has 0 saturated carbocycles. The first kappa shape index (κ1) is 13.1. The third-order valence-corrected chi connectivity index (χ3v) is 4.18. The lowest BCUT2D eigenvalue weighted by Crippen LogP contribution is -2.28. The molecule has 4 rings (SSSR count). The summed E-state index contributed by atoms with van der Waals surface area (Å²) in [6.45, 7) is 1.84. The van der Waals surface area contributed by atoms with E-state index < -0.39 is 0 Å². The van der Waals surface area contributed by atoms with Crippen LogP contribution in [-0.2, 0) is 13.0 Å². The van der Waals surface area contributed by atoms with Crippen molar-refractivity contribution >= 4 is 5.69 Å².